The summed E-state index contributed by atoms with van der Waals surface area (Å²) < 4.78 is 15.8. The standard InChI is InChI=1S/C18H20N4O3S2/c1-4-22-13(7-11(2)20-22)17(23)19-18-21(5-6-26-3)12-8-14-15(25-10-24-14)9-16(12)27-18/h7-9H,4-6,10H2,1-3H3. The minimum absolute atomic E-state index is 0.244. The number of aryl methyl sites for hydroxylation is 3. The van der Waals surface area contributed by atoms with Crippen LogP contribution in [0.3, 0.4) is 0 Å². The topological polar surface area (TPSA) is 70.6 Å². The highest BCUT2D eigenvalue weighted by Gasteiger charge is 2.19. The van der Waals surface area contributed by atoms with Crippen LogP contribution in [0.4, 0.5) is 0 Å². The first-order valence-corrected chi connectivity index (χ1v) is 10.9. The summed E-state index contributed by atoms with van der Waals surface area (Å²) in [4.78, 5) is 17.9. The molecule has 3 heterocycles. The van der Waals surface area contributed by atoms with Crippen molar-refractivity contribution in [3.05, 3.63) is 34.4 Å². The lowest BCUT2D eigenvalue weighted by Crippen LogP contribution is -2.19. The fourth-order valence-electron chi connectivity index (χ4n) is 3.05. The summed E-state index contributed by atoms with van der Waals surface area (Å²) in [6, 6.07) is 5.71. The maximum atomic E-state index is 12.8. The Morgan fingerprint density at radius 3 is 2.85 bits per heavy atom. The van der Waals surface area contributed by atoms with E-state index in [4.69, 9.17) is 9.47 Å². The minimum atomic E-state index is -0.276. The molecule has 0 bridgehead atoms. The van der Waals surface area contributed by atoms with Crippen molar-refractivity contribution in [1.82, 2.24) is 14.3 Å². The summed E-state index contributed by atoms with van der Waals surface area (Å²) in [7, 11) is 0. The third-order valence-corrected chi connectivity index (χ3v) is 5.95. The normalized spacial score (nSPS) is 13.7. The van der Waals surface area contributed by atoms with E-state index in [9.17, 15) is 4.79 Å². The quantitative estimate of drug-likeness (QED) is 0.654. The molecule has 0 saturated heterocycles. The predicted molar refractivity (Wildman–Crippen MR) is 107 cm³/mol. The Labute approximate surface area is 164 Å². The summed E-state index contributed by atoms with van der Waals surface area (Å²) >= 11 is 3.24. The van der Waals surface area contributed by atoms with Gasteiger partial charge in [-0.3, -0.25) is 9.48 Å². The summed E-state index contributed by atoms with van der Waals surface area (Å²) in [6.45, 7) is 5.47. The van der Waals surface area contributed by atoms with Crippen molar-refractivity contribution in [2.24, 2.45) is 4.99 Å². The highest BCUT2D eigenvalue weighted by Crippen LogP contribution is 2.37. The van der Waals surface area contributed by atoms with E-state index in [2.05, 4.69) is 20.9 Å². The SMILES string of the molecule is CCn1nc(C)cc1C(=O)N=c1sc2cc3c(cc2n1CCSC)OCO3. The van der Waals surface area contributed by atoms with Crippen LogP contribution in [0, 0.1) is 6.92 Å². The zero-order valence-corrected chi connectivity index (χ0v) is 17.0. The summed E-state index contributed by atoms with van der Waals surface area (Å²) in [5, 5.41) is 4.34. The molecule has 142 valence electrons. The number of hydrogen-bond acceptors (Lipinski definition) is 6. The van der Waals surface area contributed by atoms with Crippen molar-refractivity contribution in [3.8, 4) is 11.5 Å². The number of amides is 1. The molecule has 9 heteroatoms. The summed E-state index contributed by atoms with van der Waals surface area (Å²) in [5.74, 6) is 2.12. The van der Waals surface area contributed by atoms with Crippen molar-refractivity contribution < 1.29 is 14.3 Å². The summed E-state index contributed by atoms with van der Waals surface area (Å²) in [6.07, 6.45) is 2.06. The Morgan fingerprint density at radius 2 is 2.11 bits per heavy atom. The van der Waals surface area contributed by atoms with Gasteiger partial charge in [-0.05, 0) is 26.2 Å². The number of benzene rings is 1. The number of ether oxygens (including phenoxy) is 2. The van der Waals surface area contributed by atoms with E-state index in [1.807, 2.05) is 26.0 Å². The van der Waals surface area contributed by atoms with E-state index < -0.39 is 0 Å². The molecule has 0 saturated carbocycles. The van der Waals surface area contributed by atoms with Crippen LogP contribution < -0.4 is 14.3 Å². The zero-order chi connectivity index (χ0) is 19.0. The molecule has 1 aromatic carbocycles. The lowest BCUT2D eigenvalue weighted by atomic mass is 10.3. The molecule has 1 aliphatic heterocycles. The lowest BCUT2D eigenvalue weighted by Gasteiger charge is -2.05. The number of hydrogen-bond donors (Lipinski definition) is 0. The number of thiazole rings is 1. The van der Waals surface area contributed by atoms with Crippen LogP contribution in [0.5, 0.6) is 11.5 Å². The molecule has 4 rings (SSSR count). The van der Waals surface area contributed by atoms with E-state index in [0.717, 1.165) is 39.7 Å². The highest BCUT2D eigenvalue weighted by atomic mass is 32.2. The Morgan fingerprint density at radius 1 is 1.33 bits per heavy atom. The van der Waals surface area contributed by atoms with Gasteiger partial charge in [-0.25, -0.2) is 0 Å². The number of rotatable bonds is 5. The lowest BCUT2D eigenvalue weighted by molar-refractivity contribution is 0.0987. The van der Waals surface area contributed by atoms with Gasteiger partial charge in [0.05, 0.1) is 15.9 Å². The molecule has 27 heavy (non-hydrogen) atoms. The van der Waals surface area contributed by atoms with Crippen LogP contribution in [0.2, 0.25) is 0 Å². The first kappa shape index (κ1) is 18.1. The van der Waals surface area contributed by atoms with Crippen LogP contribution in [0.25, 0.3) is 10.2 Å². The van der Waals surface area contributed by atoms with Gasteiger partial charge in [0, 0.05) is 31.0 Å². The first-order chi connectivity index (χ1) is 13.1. The van der Waals surface area contributed by atoms with Crippen molar-refractivity contribution in [3.63, 3.8) is 0 Å². The molecular formula is C18H20N4O3S2. The molecule has 0 unspecified atom stereocenters. The van der Waals surface area contributed by atoms with E-state index in [-0.39, 0.29) is 12.7 Å². The monoisotopic (exact) mass is 404 g/mol. The fourth-order valence-corrected chi connectivity index (χ4v) is 4.48. The molecule has 0 aliphatic carbocycles. The third kappa shape index (κ3) is 3.37. The molecule has 3 aromatic rings. The highest BCUT2D eigenvalue weighted by molar-refractivity contribution is 7.98. The molecule has 0 atom stereocenters. The second-order valence-electron chi connectivity index (χ2n) is 6.11. The number of carbonyl (C=O) groups excluding carboxylic acids is 1. The van der Waals surface area contributed by atoms with Gasteiger partial charge in [-0.1, -0.05) is 11.3 Å². The van der Waals surface area contributed by atoms with Gasteiger partial charge in [-0.2, -0.15) is 21.9 Å². The van der Waals surface area contributed by atoms with E-state index in [1.54, 1.807) is 22.5 Å². The fraction of sp³-hybridized carbons (Fsp3) is 0.389. The molecule has 7 nitrogen and oxygen atoms in total. The molecule has 2 aromatic heterocycles. The number of fused-ring (bicyclic) bond motifs is 2. The average Bonchev–Trinajstić information content (AvgIpc) is 3.34. The maximum absolute atomic E-state index is 12.8. The van der Waals surface area contributed by atoms with Gasteiger partial charge < -0.3 is 14.0 Å². The Balaban J connectivity index is 1.84. The number of carbonyl (C=O) groups is 1. The largest absolute Gasteiger partial charge is 0.454 e. The second kappa shape index (κ2) is 7.40. The van der Waals surface area contributed by atoms with Crippen molar-refractivity contribution in [2.45, 2.75) is 26.9 Å². The van der Waals surface area contributed by atoms with E-state index >= 15 is 0 Å². The number of aromatic nitrogens is 3. The van der Waals surface area contributed by atoms with Crippen molar-refractivity contribution in [2.75, 3.05) is 18.8 Å². The molecule has 1 amide bonds. The Bertz CT molecular complexity index is 1080. The molecular weight excluding hydrogens is 384 g/mol. The third-order valence-electron chi connectivity index (χ3n) is 4.31. The molecule has 0 fully saturated rings. The van der Waals surface area contributed by atoms with Gasteiger partial charge in [0.25, 0.3) is 5.91 Å². The molecule has 0 radical (unpaired) electrons. The van der Waals surface area contributed by atoms with Gasteiger partial charge in [0.2, 0.25) is 6.79 Å². The Kier molecular flexibility index (Phi) is 4.96. The van der Waals surface area contributed by atoms with Crippen LogP contribution in [0.1, 0.15) is 23.1 Å². The van der Waals surface area contributed by atoms with Gasteiger partial charge in [0.15, 0.2) is 16.3 Å². The van der Waals surface area contributed by atoms with E-state index in [0.29, 0.717) is 17.0 Å². The van der Waals surface area contributed by atoms with Crippen molar-refractivity contribution >= 4 is 39.2 Å². The first-order valence-electron chi connectivity index (χ1n) is 8.66. The van der Waals surface area contributed by atoms with Crippen LogP contribution in [-0.2, 0) is 13.1 Å². The summed E-state index contributed by atoms with van der Waals surface area (Å²) in [5.41, 5.74) is 2.33. The minimum Gasteiger partial charge on any atom is -0.454 e. The van der Waals surface area contributed by atoms with Gasteiger partial charge in [-0.15, -0.1) is 0 Å². The predicted octanol–water partition coefficient (Wildman–Crippen LogP) is 3.06. The number of nitrogens with zero attached hydrogens (tertiary/aromatic N) is 4. The van der Waals surface area contributed by atoms with Crippen LogP contribution in [0.15, 0.2) is 23.2 Å². The zero-order valence-electron chi connectivity index (χ0n) is 15.4. The number of thioether (sulfide) groups is 1. The second-order valence-corrected chi connectivity index (χ2v) is 8.10. The van der Waals surface area contributed by atoms with E-state index in [1.165, 1.54) is 11.3 Å². The smallest absolute Gasteiger partial charge is 0.297 e. The molecule has 1 aliphatic rings. The molecule has 0 N–H and O–H groups in total. The van der Waals surface area contributed by atoms with Gasteiger partial charge in [0.1, 0.15) is 5.69 Å². The Hall–Kier alpha value is -2.26. The van der Waals surface area contributed by atoms with Crippen LogP contribution in [-0.4, -0.2) is 39.1 Å². The van der Waals surface area contributed by atoms with Crippen molar-refractivity contribution in [1.29, 1.82) is 0 Å². The van der Waals surface area contributed by atoms with Crippen LogP contribution >= 0.6 is 23.1 Å². The maximum Gasteiger partial charge on any atom is 0.297 e. The van der Waals surface area contributed by atoms with Gasteiger partial charge >= 0.3 is 0 Å². The average molecular weight is 405 g/mol. The molecule has 0 spiro atoms.